The average molecular weight is 259 g/mol. The highest BCUT2D eigenvalue weighted by Crippen LogP contribution is 2.39. The van der Waals surface area contributed by atoms with Crippen LogP contribution in [0, 0.1) is 11.8 Å². The van der Waals surface area contributed by atoms with E-state index >= 15 is 0 Å². The van der Waals surface area contributed by atoms with E-state index in [4.69, 9.17) is 4.74 Å². The Balaban J connectivity index is 1.71. The first-order chi connectivity index (χ1) is 9.25. The van der Waals surface area contributed by atoms with E-state index in [2.05, 4.69) is 49.5 Å². The summed E-state index contributed by atoms with van der Waals surface area (Å²) >= 11 is 0. The molecule has 0 bridgehead atoms. The highest BCUT2D eigenvalue weighted by Gasteiger charge is 2.41. The third-order valence-electron chi connectivity index (χ3n) is 4.44. The molecule has 1 aliphatic carbocycles. The average Bonchev–Trinajstić information content (AvgIpc) is 3.16. The SMILES string of the molecule is CC(C)C(NC1CCOC1C1CC1)c1ccccc1. The fraction of sp³-hybridized carbons (Fsp3) is 0.647. The quantitative estimate of drug-likeness (QED) is 0.873. The fourth-order valence-corrected chi connectivity index (χ4v) is 3.24. The molecule has 2 fully saturated rings. The van der Waals surface area contributed by atoms with Gasteiger partial charge in [-0.25, -0.2) is 0 Å². The third-order valence-corrected chi connectivity index (χ3v) is 4.44. The summed E-state index contributed by atoms with van der Waals surface area (Å²) in [6.07, 6.45) is 4.35. The van der Waals surface area contributed by atoms with Crippen LogP contribution in [0.15, 0.2) is 30.3 Å². The summed E-state index contributed by atoms with van der Waals surface area (Å²) in [7, 11) is 0. The lowest BCUT2D eigenvalue weighted by molar-refractivity contribution is 0.0774. The van der Waals surface area contributed by atoms with Crippen LogP contribution in [0.25, 0.3) is 0 Å². The van der Waals surface area contributed by atoms with Gasteiger partial charge in [0.15, 0.2) is 0 Å². The summed E-state index contributed by atoms with van der Waals surface area (Å²) in [5, 5.41) is 3.88. The van der Waals surface area contributed by atoms with Gasteiger partial charge < -0.3 is 10.1 Å². The Morgan fingerprint density at radius 1 is 1.11 bits per heavy atom. The molecule has 1 aliphatic heterocycles. The molecule has 1 saturated heterocycles. The second-order valence-corrected chi connectivity index (χ2v) is 6.37. The van der Waals surface area contributed by atoms with Crippen molar-refractivity contribution in [3.8, 4) is 0 Å². The normalized spacial score (nSPS) is 28.8. The van der Waals surface area contributed by atoms with Gasteiger partial charge in [0.25, 0.3) is 0 Å². The van der Waals surface area contributed by atoms with Crippen LogP contribution in [-0.4, -0.2) is 18.8 Å². The molecule has 0 radical (unpaired) electrons. The zero-order valence-corrected chi connectivity index (χ0v) is 12.0. The summed E-state index contributed by atoms with van der Waals surface area (Å²) in [4.78, 5) is 0. The summed E-state index contributed by atoms with van der Waals surface area (Å²) in [6.45, 7) is 5.53. The highest BCUT2D eigenvalue weighted by atomic mass is 16.5. The van der Waals surface area contributed by atoms with E-state index in [1.807, 2.05) is 0 Å². The largest absolute Gasteiger partial charge is 0.376 e. The van der Waals surface area contributed by atoms with E-state index in [0.717, 1.165) is 18.9 Å². The predicted molar refractivity (Wildman–Crippen MR) is 78.0 cm³/mol. The molecule has 1 saturated carbocycles. The van der Waals surface area contributed by atoms with Crippen molar-refractivity contribution in [3.63, 3.8) is 0 Å². The van der Waals surface area contributed by atoms with Crippen LogP contribution in [0.5, 0.6) is 0 Å². The Hall–Kier alpha value is -0.860. The van der Waals surface area contributed by atoms with Gasteiger partial charge in [-0.3, -0.25) is 0 Å². The van der Waals surface area contributed by atoms with Crippen LogP contribution in [0.3, 0.4) is 0 Å². The van der Waals surface area contributed by atoms with E-state index in [1.165, 1.54) is 18.4 Å². The van der Waals surface area contributed by atoms with Gasteiger partial charge in [0.2, 0.25) is 0 Å². The molecule has 2 aliphatic rings. The molecular formula is C17H25NO. The van der Waals surface area contributed by atoms with Crippen LogP contribution in [0.2, 0.25) is 0 Å². The minimum Gasteiger partial charge on any atom is -0.376 e. The number of hydrogen-bond acceptors (Lipinski definition) is 2. The lowest BCUT2D eigenvalue weighted by Crippen LogP contribution is -2.41. The molecule has 1 heterocycles. The molecule has 1 N–H and O–H groups in total. The van der Waals surface area contributed by atoms with Crippen LogP contribution in [0.4, 0.5) is 0 Å². The topological polar surface area (TPSA) is 21.3 Å². The molecule has 19 heavy (non-hydrogen) atoms. The number of ether oxygens (including phenoxy) is 1. The first-order valence-electron chi connectivity index (χ1n) is 7.68. The van der Waals surface area contributed by atoms with Crippen LogP contribution in [0.1, 0.15) is 44.7 Å². The van der Waals surface area contributed by atoms with E-state index in [1.54, 1.807) is 0 Å². The molecule has 104 valence electrons. The van der Waals surface area contributed by atoms with Crippen LogP contribution >= 0.6 is 0 Å². The smallest absolute Gasteiger partial charge is 0.0757 e. The second kappa shape index (κ2) is 5.64. The maximum Gasteiger partial charge on any atom is 0.0757 e. The molecule has 0 spiro atoms. The van der Waals surface area contributed by atoms with E-state index in [9.17, 15) is 0 Å². The lowest BCUT2D eigenvalue weighted by Gasteiger charge is -2.29. The highest BCUT2D eigenvalue weighted by molar-refractivity contribution is 5.20. The Bertz CT molecular complexity index is 399. The molecule has 1 aromatic rings. The molecule has 0 amide bonds. The molecule has 2 heteroatoms. The minimum absolute atomic E-state index is 0.439. The molecular weight excluding hydrogens is 234 g/mol. The zero-order chi connectivity index (χ0) is 13.2. The minimum atomic E-state index is 0.439. The third kappa shape index (κ3) is 3.01. The molecule has 0 aromatic heterocycles. The first kappa shape index (κ1) is 13.1. The Kier molecular flexibility index (Phi) is 3.90. The van der Waals surface area contributed by atoms with Crippen molar-refractivity contribution in [3.05, 3.63) is 35.9 Å². The van der Waals surface area contributed by atoms with Crippen molar-refractivity contribution < 1.29 is 4.74 Å². The van der Waals surface area contributed by atoms with Gasteiger partial charge >= 0.3 is 0 Å². The van der Waals surface area contributed by atoms with Gasteiger partial charge in [0, 0.05) is 18.7 Å². The van der Waals surface area contributed by atoms with Crippen molar-refractivity contribution in [1.82, 2.24) is 5.32 Å². The molecule has 3 unspecified atom stereocenters. The summed E-state index contributed by atoms with van der Waals surface area (Å²) < 4.78 is 5.94. The Morgan fingerprint density at radius 2 is 1.84 bits per heavy atom. The molecule has 3 rings (SSSR count). The zero-order valence-electron chi connectivity index (χ0n) is 12.0. The van der Waals surface area contributed by atoms with E-state index < -0.39 is 0 Å². The summed E-state index contributed by atoms with van der Waals surface area (Å²) in [5.74, 6) is 1.42. The molecule has 3 atom stereocenters. The van der Waals surface area contributed by atoms with Crippen molar-refractivity contribution >= 4 is 0 Å². The van der Waals surface area contributed by atoms with Gasteiger partial charge in [0.1, 0.15) is 0 Å². The van der Waals surface area contributed by atoms with Gasteiger partial charge in [-0.1, -0.05) is 44.2 Å². The molecule has 1 aromatic carbocycles. The van der Waals surface area contributed by atoms with Gasteiger partial charge in [-0.2, -0.15) is 0 Å². The Morgan fingerprint density at radius 3 is 2.47 bits per heavy atom. The van der Waals surface area contributed by atoms with Gasteiger partial charge in [-0.05, 0) is 36.7 Å². The summed E-state index contributed by atoms with van der Waals surface area (Å²) in [5.41, 5.74) is 1.40. The lowest BCUT2D eigenvalue weighted by atomic mass is 9.93. The van der Waals surface area contributed by atoms with Gasteiger partial charge in [-0.15, -0.1) is 0 Å². The van der Waals surface area contributed by atoms with E-state index in [-0.39, 0.29) is 0 Å². The maximum absolute atomic E-state index is 5.94. The van der Waals surface area contributed by atoms with Crippen molar-refractivity contribution in [2.75, 3.05) is 6.61 Å². The monoisotopic (exact) mass is 259 g/mol. The predicted octanol–water partition coefficient (Wildman–Crippen LogP) is 3.54. The van der Waals surface area contributed by atoms with Crippen LogP contribution in [-0.2, 0) is 4.74 Å². The first-order valence-corrected chi connectivity index (χ1v) is 7.68. The van der Waals surface area contributed by atoms with Crippen molar-refractivity contribution in [2.24, 2.45) is 11.8 Å². The second-order valence-electron chi connectivity index (χ2n) is 6.37. The number of benzene rings is 1. The van der Waals surface area contributed by atoms with Gasteiger partial charge in [0.05, 0.1) is 6.10 Å². The van der Waals surface area contributed by atoms with Crippen molar-refractivity contribution in [1.29, 1.82) is 0 Å². The van der Waals surface area contributed by atoms with Crippen molar-refractivity contribution in [2.45, 2.75) is 51.3 Å². The standard InChI is InChI=1S/C17H25NO/c1-12(2)16(13-6-4-3-5-7-13)18-15-10-11-19-17(15)14-8-9-14/h3-7,12,14-18H,8-11H2,1-2H3. The van der Waals surface area contributed by atoms with E-state index in [0.29, 0.717) is 24.1 Å². The maximum atomic E-state index is 5.94. The number of rotatable bonds is 5. The van der Waals surface area contributed by atoms with Crippen LogP contribution < -0.4 is 5.32 Å². The number of nitrogens with one attached hydrogen (secondary N) is 1. The summed E-state index contributed by atoms with van der Waals surface area (Å²) in [6, 6.07) is 11.8. The number of hydrogen-bond donors (Lipinski definition) is 1. The molecule has 2 nitrogen and oxygen atoms in total. The Labute approximate surface area is 116 Å². The fourth-order valence-electron chi connectivity index (χ4n) is 3.24.